The Bertz CT molecular complexity index is 395. The van der Waals surface area contributed by atoms with Gasteiger partial charge in [-0.25, -0.2) is 0 Å². The largest absolute Gasteiger partial charge is 0.508 e. The van der Waals surface area contributed by atoms with Crippen LogP contribution < -0.4 is 0 Å². The zero-order valence-electron chi connectivity index (χ0n) is 11.1. The van der Waals surface area contributed by atoms with Crippen LogP contribution in [0.4, 0.5) is 0 Å². The minimum absolute atomic E-state index is 0.114. The number of ether oxygens (including phenoxy) is 1. The SMILES string of the molecule is Oc1ccccc1COC1CCCC(CC[Si])C1O. The molecule has 2 N–H and O–H groups in total. The average Bonchev–Trinajstić information content (AvgIpc) is 2.42. The molecule has 3 atom stereocenters. The summed E-state index contributed by atoms with van der Waals surface area (Å²) in [5.74, 6) is 0.574. The lowest BCUT2D eigenvalue weighted by molar-refractivity contribution is -0.0918. The molecule has 4 heteroatoms. The Morgan fingerprint density at radius 1 is 1.26 bits per heavy atom. The molecule has 3 nitrogen and oxygen atoms in total. The number of benzene rings is 1. The van der Waals surface area contributed by atoms with Crippen LogP contribution in [-0.4, -0.2) is 32.7 Å². The van der Waals surface area contributed by atoms with Crippen molar-refractivity contribution in [2.45, 2.75) is 50.5 Å². The Hall–Kier alpha value is -0.843. The van der Waals surface area contributed by atoms with Gasteiger partial charge in [0.2, 0.25) is 0 Å². The van der Waals surface area contributed by atoms with E-state index in [1.807, 2.05) is 12.1 Å². The maximum Gasteiger partial charge on any atom is 0.121 e. The standard InChI is InChI=1S/C15H21O3Si/c16-13-6-2-1-4-12(13)10-18-14-7-3-5-11(8-9-19)15(14)17/h1-2,4,6,11,14-17H,3,5,7-10H2. The van der Waals surface area contributed by atoms with Crippen LogP contribution in [0.2, 0.25) is 6.04 Å². The van der Waals surface area contributed by atoms with Gasteiger partial charge in [0.15, 0.2) is 0 Å². The maximum atomic E-state index is 10.3. The van der Waals surface area contributed by atoms with Gasteiger partial charge in [-0.1, -0.05) is 37.1 Å². The highest BCUT2D eigenvalue weighted by atomic mass is 28.1. The monoisotopic (exact) mass is 277 g/mol. The number of phenolic OH excluding ortho intramolecular Hbond substituents is 1. The van der Waals surface area contributed by atoms with E-state index < -0.39 is 6.10 Å². The van der Waals surface area contributed by atoms with Crippen LogP contribution in [0.3, 0.4) is 0 Å². The molecule has 0 heterocycles. The Kier molecular flexibility index (Phi) is 5.42. The average molecular weight is 277 g/mol. The molecule has 3 unspecified atom stereocenters. The molecule has 103 valence electrons. The number of hydrogen-bond donors (Lipinski definition) is 2. The highest BCUT2D eigenvalue weighted by Crippen LogP contribution is 2.31. The Labute approximate surface area is 118 Å². The van der Waals surface area contributed by atoms with Crippen molar-refractivity contribution in [3.8, 4) is 5.75 Å². The van der Waals surface area contributed by atoms with Gasteiger partial charge >= 0.3 is 0 Å². The molecule has 1 aliphatic rings. The number of aliphatic hydroxyl groups excluding tert-OH is 1. The van der Waals surface area contributed by atoms with Gasteiger partial charge in [0.25, 0.3) is 0 Å². The second-order valence-corrected chi connectivity index (χ2v) is 5.70. The minimum atomic E-state index is -0.393. The van der Waals surface area contributed by atoms with Crippen LogP contribution >= 0.6 is 0 Å². The van der Waals surface area contributed by atoms with Gasteiger partial charge in [-0.15, -0.1) is 0 Å². The normalized spacial score (nSPS) is 27.4. The van der Waals surface area contributed by atoms with Crippen LogP contribution in [0, 0.1) is 5.92 Å². The van der Waals surface area contributed by atoms with Gasteiger partial charge < -0.3 is 14.9 Å². The Balaban J connectivity index is 1.90. The van der Waals surface area contributed by atoms with E-state index in [0.29, 0.717) is 12.5 Å². The van der Waals surface area contributed by atoms with E-state index in [-0.39, 0.29) is 11.9 Å². The van der Waals surface area contributed by atoms with E-state index in [9.17, 15) is 10.2 Å². The fourth-order valence-electron chi connectivity index (χ4n) is 2.74. The van der Waals surface area contributed by atoms with E-state index in [1.165, 1.54) is 0 Å². The molecule has 0 bridgehead atoms. The van der Waals surface area contributed by atoms with Gasteiger partial charge in [-0.2, -0.15) is 0 Å². The lowest BCUT2D eigenvalue weighted by Gasteiger charge is -2.34. The van der Waals surface area contributed by atoms with E-state index in [2.05, 4.69) is 10.2 Å². The predicted octanol–water partition coefficient (Wildman–Crippen LogP) is 2.42. The molecule has 3 radical (unpaired) electrons. The molecule has 1 aliphatic carbocycles. The summed E-state index contributed by atoms with van der Waals surface area (Å²) in [6.07, 6.45) is 3.54. The summed E-state index contributed by atoms with van der Waals surface area (Å²) in [6.45, 7) is 0.356. The number of phenols is 1. The van der Waals surface area contributed by atoms with Crippen molar-refractivity contribution >= 4 is 10.2 Å². The molecule has 2 rings (SSSR count). The molecule has 0 aliphatic heterocycles. The second-order valence-electron chi connectivity index (χ2n) is 5.20. The van der Waals surface area contributed by atoms with Crippen LogP contribution in [0.5, 0.6) is 5.75 Å². The van der Waals surface area contributed by atoms with Crippen LogP contribution in [0.25, 0.3) is 0 Å². The topological polar surface area (TPSA) is 49.7 Å². The summed E-state index contributed by atoms with van der Waals surface area (Å²) in [5, 5.41) is 20.0. The second kappa shape index (κ2) is 7.08. The number of hydrogen-bond acceptors (Lipinski definition) is 3. The first-order valence-corrected chi connectivity index (χ1v) is 7.64. The number of aliphatic hydroxyl groups is 1. The molecule has 0 saturated heterocycles. The van der Waals surface area contributed by atoms with Crippen LogP contribution in [0.1, 0.15) is 31.2 Å². The minimum Gasteiger partial charge on any atom is -0.508 e. The maximum absolute atomic E-state index is 10.3. The first kappa shape index (κ1) is 14.6. The van der Waals surface area contributed by atoms with Crippen molar-refractivity contribution in [2.24, 2.45) is 5.92 Å². The van der Waals surface area contributed by atoms with Crippen LogP contribution in [0.15, 0.2) is 24.3 Å². The summed E-state index contributed by atoms with van der Waals surface area (Å²) >= 11 is 0. The predicted molar refractivity (Wildman–Crippen MR) is 75.2 cm³/mol. The fraction of sp³-hybridized carbons (Fsp3) is 0.600. The molecule has 0 spiro atoms. The van der Waals surface area contributed by atoms with E-state index in [1.54, 1.807) is 12.1 Å². The number of para-hydroxylation sites is 1. The smallest absolute Gasteiger partial charge is 0.121 e. The Morgan fingerprint density at radius 2 is 2.05 bits per heavy atom. The molecule has 1 aromatic rings. The molecule has 19 heavy (non-hydrogen) atoms. The van der Waals surface area contributed by atoms with Gasteiger partial charge in [0.1, 0.15) is 5.75 Å². The highest BCUT2D eigenvalue weighted by Gasteiger charge is 2.31. The molecule has 1 saturated carbocycles. The third-order valence-electron chi connectivity index (χ3n) is 3.89. The highest BCUT2D eigenvalue weighted by molar-refractivity contribution is 6.08. The molecular formula is C15H21O3Si. The van der Waals surface area contributed by atoms with Crippen molar-refractivity contribution < 1.29 is 14.9 Å². The number of rotatable bonds is 5. The Morgan fingerprint density at radius 3 is 2.79 bits per heavy atom. The summed E-state index contributed by atoms with van der Waals surface area (Å²) in [4.78, 5) is 0. The fourth-order valence-corrected chi connectivity index (χ4v) is 3.11. The third kappa shape index (κ3) is 3.81. The molecule has 1 fully saturated rings. The van der Waals surface area contributed by atoms with Gasteiger partial charge in [-0.05, 0) is 24.8 Å². The van der Waals surface area contributed by atoms with Crippen molar-refractivity contribution in [2.75, 3.05) is 0 Å². The third-order valence-corrected chi connectivity index (χ3v) is 4.18. The zero-order valence-corrected chi connectivity index (χ0v) is 12.1. The van der Waals surface area contributed by atoms with E-state index in [0.717, 1.165) is 37.3 Å². The van der Waals surface area contributed by atoms with E-state index >= 15 is 0 Å². The quantitative estimate of drug-likeness (QED) is 0.813. The first-order valence-electron chi connectivity index (χ1n) is 6.93. The summed E-state index contributed by atoms with van der Waals surface area (Å²) in [5.41, 5.74) is 0.775. The first-order chi connectivity index (χ1) is 9.22. The number of aromatic hydroxyl groups is 1. The molecule has 0 aromatic heterocycles. The van der Waals surface area contributed by atoms with Crippen molar-refractivity contribution in [3.63, 3.8) is 0 Å². The van der Waals surface area contributed by atoms with E-state index in [4.69, 9.17) is 4.74 Å². The van der Waals surface area contributed by atoms with Gasteiger partial charge in [0.05, 0.1) is 18.8 Å². The zero-order chi connectivity index (χ0) is 13.7. The molecule has 1 aromatic carbocycles. The molecule has 0 amide bonds. The molecular weight excluding hydrogens is 256 g/mol. The lowest BCUT2D eigenvalue weighted by atomic mass is 9.83. The summed E-state index contributed by atoms with van der Waals surface area (Å²) in [7, 11) is 3.48. The van der Waals surface area contributed by atoms with Gasteiger partial charge in [0, 0.05) is 15.8 Å². The van der Waals surface area contributed by atoms with Crippen LogP contribution in [-0.2, 0) is 11.3 Å². The lowest BCUT2D eigenvalue weighted by Crippen LogP contribution is -2.39. The summed E-state index contributed by atoms with van der Waals surface area (Å²) < 4.78 is 5.81. The van der Waals surface area contributed by atoms with Crippen molar-refractivity contribution in [1.82, 2.24) is 0 Å². The van der Waals surface area contributed by atoms with Gasteiger partial charge in [-0.3, -0.25) is 0 Å². The summed E-state index contributed by atoms with van der Waals surface area (Å²) in [6, 6.07) is 8.08. The van der Waals surface area contributed by atoms with Crippen molar-refractivity contribution in [3.05, 3.63) is 29.8 Å². The van der Waals surface area contributed by atoms with Crippen molar-refractivity contribution in [1.29, 1.82) is 0 Å².